The zero-order valence-electron chi connectivity index (χ0n) is 18.9. The van der Waals surface area contributed by atoms with Gasteiger partial charge in [0.2, 0.25) is 5.91 Å². The molecule has 1 aliphatic rings. The highest BCUT2D eigenvalue weighted by Crippen LogP contribution is 2.21. The number of benzene rings is 3. The van der Waals surface area contributed by atoms with E-state index in [4.69, 9.17) is 16.3 Å². The molecule has 0 saturated carbocycles. The van der Waals surface area contributed by atoms with E-state index in [0.717, 1.165) is 16.8 Å². The summed E-state index contributed by atoms with van der Waals surface area (Å²) in [6.45, 7) is 2.68. The van der Waals surface area contributed by atoms with Gasteiger partial charge in [0.1, 0.15) is 12.6 Å². The van der Waals surface area contributed by atoms with Crippen LogP contribution in [-0.4, -0.2) is 49.1 Å². The zero-order valence-corrected chi connectivity index (χ0v) is 19.7. The monoisotopic (exact) mass is 477 g/mol. The number of nitrogens with one attached hydrogen (secondary N) is 1. The second kappa shape index (κ2) is 11.6. The third-order valence-electron chi connectivity index (χ3n) is 5.85. The third kappa shape index (κ3) is 6.51. The second-order valence-corrected chi connectivity index (χ2v) is 8.68. The first-order valence-electron chi connectivity index (χ1n) is 11.4. The van der Waals surface area contributed by atoms with Crippen molar-refractivity contribution in [3.05, 3.63) is 101 Å². The summed E-state index contributed by atoms with van der Waals surface area (Å²) in [5.74, 6) is -0.105. The van der Waals surface area contributed by atoms with Crippen molar-refractivity contribution in [3.8, 4) is 0 Å². The van der Waals surface area contributed by atoms with Crippen molar-refractivity contribution < 1.29 is 14.3 Å². The predicted molar refractivity (Wildman–Crippen MR) is 134 cm³/mol. The maximum Gasteiger partial charge on any atom is 0.408 e. The smallest absolute Gasteiger partial charge is 0.408 e. The van der Waals surface area contributed by atoms with E-state index in [-0.39, 0.29) is 12.5 Å². The van der Waals surface area contributed by atoms with E-state index >= 15 is 0 Å². The highest BCUT2D eigenvalue weighted by molar-refractivity contribution is 6.30. The zero-order chi connectivity index (χ0) is 23.8. The minimum Gasteiger partial charge on any atom is -0.445 e. The van der Waals surface area contributed by atoms with Crippen LogP contribution >= 0.6 is 11.6 Å². The Morgan fingerprint density at radius 3 is 2.15 bits per heavy atom. The Balaban J connectivity index is 1.38. The average Bonchev–Trinajstić information content (AvgIpc) is 2.88. The molecule has 2 amide bonds. The van der Waals surface area contributed by atoms with Crippen LogP contribution in [0.1, 0.15) is 11.1 Å². The molecule has 1 unspecified atom stereocenters. The van der Waals surface area contributed by atoms with Crippen LogP contribution in [0.2, 0.25) is 5.02 Å². The van der Waals surface area contributed by atoms with Gasteiger partial charge in [-0.05, 0) is 29.3 Å². The molecule has 6 nitrogen and oxygen atoms in total. The van der Waals surface area contributed by atoms with Crippen LogP contribution in [0.15, 0.2) is 84.9 Å². The Bertz CT molecular complexity index is 1090. The van der Waals surface area contributed by atoms with Gasteiger partial charge in [0.05, 0.1) is 0 Å². The lowest BCUT2D eigenvalue weighted by Crippen LogP contribution is -2.55. The Hall–Kier alpha value is -3.51. The molecule has 0 aromatic heterocycles. The van der Waals surface area contributed by atoms with Gasteiger partial charge < -0.3 is 19.9 Å². The van der Waals surface area contributed by atoms with E-state index in [1.807, 2.05) is 89.8 Å². The number of hydrogen-bond acceptors (Lipinski definition) is 4. The number of halogens is 1. The molecule has 0 bridgehead atoms. The van der Waals surface area contributed by atoms with Gasteiger partial charge in [-0.15, -0.1) is 0 Å². The summed E-state index contributed by atoms with van der Waals surface area (Å²) < 4.78 is 5.38. The molecule has 176 valence electrons. The molecule has 0 radical (unpaired) electrons. The number of hydrogen-bond donors (Lipinski definition) is 1. The van der Waals surface area contributed by atoms with E-state index in [1.165, 1.54) is 0 Å². The SMILES string of the molecule is O=C(NC(Cc1ccccc1)C(=O)N1CCN(c2cccc(Cl)c2)CC1)OCc1ccccc1. The molecule has 1 atom stereocenters. The fourth-order valence-corrected chi connectivity index (χ4v) is 4.22. The Kier molecular flexibility index (Phi) is 8.04. The molecule has 7 heteroatoms. The first-order chi connectivity index (χ1) is 16.6. The normalized spacial score (nSPS) is 14.4. The van der Waals surface area contributed by atoms with Crippen molar-refractivity contribution in [2.45, 2.75) is 19.1 Å². The highest BCUT2D eigenvalue weighted by Gasteiger charge is 2.29. The number of ether oxygens (including phenoxy) is 1. The molecule has 3 aromatic rings. The summed E-state index contributed by atoms with van der Waals surface area (Å²) in [4.78, 5) is 30.0. The summed E-state index contributed by atoms with van der Waals surface area (Å²) in [7, 11) is 0. The number of nitrogens with zero attached hydrogens (tertiary/aromatic N) is 2. The summed E-state index contributed by atoms with van der Waals surface area (Å²) in [6.07, 6.45) is -0.204. The first kappa shape index (κ1) is 23.6. The quantitative estimate of drug-likeness (QED) is 0.543. The Labute approximate surface area is 205 Å². The molecule has 1 fully saturated rings. The number of amides is 2. The van der Waals surface area contributed by atoms with Crippen LogP contribution in [0, 0.1) is 0 Å². The van der Waals surface area contributed by atoms with Gasteiger partial charge in [-0.25, -0.2) is 4.79 Å². The van der Waals surface area contributed by atoms with Gasteiger partial charge in [-0.2, -0.15) is 0 Å². The van der Waals surface area contributed by atoms with E-state index in [2.05, 4.69) is 10.2 Å². The standard InChI is InChI=1S/C27H28ClN3O3/c28-23-12-7-13-24(19-23)30-14-16-31(17-15-30)26(32)25(18-21-8-3-1-4-9-21)29-27(33)34-20-22-10-5-2-6-11-22/h1-13,19,25H,14-18,20H2,(H,29,33). The number of rotatable bonds is 7. The van der Waals surface area contributed by atoms with Crippen molar-refractivity contribution in [2.75, 3.05) is 31.1 Å². The second-order valence-electron chi connectivity index (χ2n) is 8.24. The van der Waals surface area contributed by atoms with Crippen molar-refractivity contribution in [1.29, 1.82) is 0 Å². The van der Waals surface area contributed by atoms with Crippen molar-refractivity contribution in [1.82, 2.24) is 10.2 Å². The van der Waals surface area contributed by atoms with Gasteiger partial charge in [0.15, 0.2) is 0 Å². The van der Waals surface area contributed by atoms with Crippen LogP contribution in [-0.2, 0) is 22.6 Å². The fourth-order valence-electron chi connectivity index (χ4n) is 4.04. The van der Waals surface area contributed by atoms with Gasteiger partial charge in [-0.1, -0.05) is 78.3 Å². The molecule has 4 rings (SSSR count). The van der Waals surface area contributed by atoms with Gasteiger partial charge in [0.25, 0.3) is 0 Å². The maximum absolute atomic E-state index is 13.4. The lowest BCUT2D eigenvalue weighted by Gasteiger charge is -2.37. The van der Waals surface area contributed by atoms with E-state index in [9.17, 15) is 9.59 Å². The number of anilines is 1. The molecular formula is C27H28ClN3O3. The topological polar surface area (TPSA) is 61.9 Å². The lowest BCUT2D eigenvalue weighted by atomic mass is 10.0. The van der Waals surface area contributed by atoms with Crippen molar-refractivity contribution in [2.24, 2.45) is 0 Å². The molecule has 0 spiro atoms. The van der Waals surface area contributed by atoms with E-state index in [1.54, 1.807) is 0 Å². The Morgan fingerprint density at radius 2 is 1.50 bits per heavy atom. The van der Waals surface area contributed by atoms with Gasteiger partial charge in [-0.3, -0.25) is 4.79 Å². The molecule has 1 N–H and O–H groups in total. The predicted octanol–water partition coefficient (Wildman–Crippen LogP) is 4.53. The summed E-state index contributed by atoms with van der Waals surface area (Å²) in [6, 6.07) is 26.2. The summed E-state index contributed by atoms with van der Waals surface area (Å²) in [5, 5.41) is 3.49. The average molecular weight is 478 g/mol. The highest BCUT2D eigenvalue weighted by atomic mass is 35.5. The lowest BCUT2D eigenvalue weighted by molar-refractivity contribution is -0.133. The van der Waals surface area contributed by atoms with Crippen LogP contribution in [0.4, 0.5) is 10.5 Å². The van der Waals surface area contributed by atoms with Crippen LogP contribution in [0.3, 0.4) is 0 Å². The fraction of sp³-hybridized carbons (Fsp3) is 0.259. The van der Waals surface area contributed by atoms with Gasteiger partial charge >= 0.3 is 6.09 Å². The number of alkyl carbamates (subject to hydrolysis) is 1. The van der Waals surface area contributed by atoms with Crippen LogP contribution in [0.25, 0.3) is 0 Å². The first-order valence-corrected chi connectivity index (χ1v) is 11.8. The molecule has 1 saturated heterocycles. The van der Waals surface area contributed by atoms with Crippen molar-refractivity contribution >= 4 is 29.3 Å². The largest absolute Gasteiger partial charge is 0.445 e. The van der Waals surface area contributed by atoms with E-state index in [0.29, 0.717) is 37.6 Å². The number of carbonyl (C=O) groups is 2. The molecule has 1 heterocycles. The minimum atomic E-state index is -0.705. The molecule has 0 aliphatic carbocycles. The summed E-state index contributed by atoms with van der Waals surface area (Å²) >= 11 is 6.13. The molecular weight excluding hydrogens is 450 g/mol. The van der Waals surface area contributed by atoms with E-state index < -0.39 is 12.1 Å². The van der Waals surface area contributed by atoms with Crippen molar-refractivity contribution in [3.63, 3.8) is 0 Å². The van der Waals surface area contributed by atoms with Crippen LogP contribution in [0.5, 0.6) is 0 Å². The minimum absolute atomic E-state index is 0.105. The van der Waals surface area contributed by atoms with Gasteiger partial charge in [0, 0.05) is 43.3 Å². The molecule has 1 aliphatic heterocycles. The maximum atomic E-state index is 13.4. The Morgan fingerprint density at radius 1 is 0.853 bits per heavy atom. The number of piperazine rings is 1. The summed E-state index contributed by atoms with van der Waals surface area (Å²) in [5.41, 5.74) is 2.91. The molecule has 34 heavy (non-hydrogen) atoms. The number of carbonyl (C=O) groups excluding carboxylic acids is 2. The van der Waals surface area contributed by atoms with Crippen LogP contribution < -0.4 is 10.2 Å². The molecule has 3 aromatic carbocycles. The third-order valence-corrected chi connectivity index (χ3v) is 6.09.